The Morgan fingerprint density at radius 3 is 2.60 bits per heavy atom. The molecule has 20 heavy (non-hydrogen) atoms. The van der Waals surface area contributed by atoms with Crippen LogP contribution in [0.3, 0.4) is 0 Å². The van der Waals surface area contributed by atoms with Crippen LogP contribution in [0.5, 0.6) is 5.75 Å². The second kappa shape index (κ2) is 5.60. The SMILES string of the molecule is CC(C)c1cccc(OC2CC(Cl)C23CCCCC3)c1. The second-order valence-electron chi connectivity index (χ2n) is 6.83. The zero-order valence-electron chi connectivity index (χ0n) is 12.6. The summed E-state index contributed by atoms with van der Waals surface area (Å²) in [5.74, 6) is 1.57. The van der Waals surface area contributed by atoms with Gasteiger partial charge in [0.25, 0.3) is 0 Å². The fourth-order valence-electron chi connectivity index (χ4n) is 3.82. The van der Waals surface area contributed by atoms with Gasteiger partial charge in [-0.1, -0.05) is 45.2 Å². The average Bonchev–Trinajstić information content (AvgIpc) is 2.48. The maximum atomic E-state index is 6.55. The van der Waals surface area contributed by atoms with Crippen molar-refractivity contribution in [3.8, 4) is 5.75 Å². The van der Waals surface area contributed by atoms with E-state index in [1.54, 1.807) is 0 Å². The van der Waals surface area contributed by atoms with Crippen molar-refractivity contribution < 1.29 is 4.74 Å². The molecule has 2 saturated carbocycles. The van der Waals surface area contributed by atoms with E-state index in [9.17, 15) is 0 Å². The molecule has 0 radical (unpaired) electrons. The molecule has 110 valence electrons. The summed E-state index contributed by atoms with van der Waals surface area (Å²) in [6.07, 6.45) is 7.82. The molecule has 2 heteroatoms. The van der Waals surface area contributed by atoms with Crippen LogP contribution < -0.4 is 4.74 Å². The van der Waals surface area contributed by atoms with Crippen LogP contribution in [0.25, 0.3) is 0 Å². The van der Waals surface area contributed by atoms with Crippen LogP contribution in [0.1, 0.15) is 63.9 Å². The summed E-state index contributed by atoms with van der Waals surface area (Å²) >= 11 is 6.55. The summed E-state index contributed by atoms with van der Waals surface area (Å²) in [5, 5.41) is 0.320. The molecule has 0 bridgehead atoms. The normalized spacial score (nSPS) is 28.4. The van der Waals surface area contributed by atoms with Gasteiger partial charge in [0.1, 0.15) is 11.9 Å². The fraction of sp³-hybridized carbons (Fsp3) is 0.667. The molecule has 2 fully saturated rings. The molecule has 0 aromatic heterocycles. The highest BCUT2D eigenvalue weighted by Gasteiger charge is 2.55. The Hall–Kier alpha value is -0.690. The maximum absolute atomic E-state index is 6.55. The summed E-state index contributed by atoms with van der Waals surface area (Å²) in [7, 11) is 0. The largest absolute Gasteiger partial charge is 0.490 e. The lowest BCUT2D eigenvalue weighted by Gasteiger charge is -2.55. The Balaban J connectivity index is 1.73. The standard InChI is InChI=1S/C18H25ClO/c1-13(2)14-7-6-8-15(11-14)20-17-12-16(19)18(17)9-4-3-5-10-18/h6-8,11,13,16-17H,3-5,9-10,12H2,1-2H3. The van der Waals surface area contributed by atoms with Crippen LogP contribution in [0.15, 0.2) is 24.3 Å². The summed E-state index contributed by atoms with van der Waals surface area (Å²) in [5.41, 5.74) is 1.61. The highest BCUT2D eigenvalue weighted by atomic mass is 35.5. The molecule has 0 saturated heterocycles. The number of halogens is 1. The average molecular weight is 293 g/mol. The van der Waals surface area contributed by atoms with Gasteiger partial charge in [-0.25, -0.2) is 0 Å². The first kappa shape index (κ1) is 14.3. The van der Waals surface area contributed by atoms with Crippen molar-refractivity contribution >= 4 is 11.6 Å². The van der Waals surface area contributed by atoms with Gasteiger partial charge in [0.15, 0.2) is 0 Å². The first-order valence-electron chi connectivity index (χ1n) is 8.02. The van der Waals surface area contributed by atoms with Gasteiger partial charge in [0.2, 0.25) is 0 Å². The smallest absolute Gasteiger partial charge is 0.120 e. The van der Waals surface area contributed by atoms with Gasteiger partial charge in [-0.05, 0) is 36.5 Å². The minimum atomic E-state index is 0.258. The fourth-order valence-corrected chi connectivity index (χ4v) is 4.34. The Morgan fingerprint density at radius 2 is 1.95 bits per heavy atom. The number of ether oxygens (including phenoxy) is 1. The van der Waals surface area contributed by atoms with Gasteiger partial charge >= 0.3 is 0 Å². The van der Waals surface area contributed by atoms with E-state index in [2.05, 4.69) is 38.1 Å². The van der Waals surface area contributed by atoms with Crippen LogP contribution in [0, 0.1) is 5.41 Å². The highest BCUT2D eigenvalue weighted by Crippen LogP contribution is 2.55. The van der Waals surface area contributed by atoms with Crippen molar-refractivity contribution in [3.63, 3.8) is 0 Å². The molecule has 1 spiro atoms. The lowest BCUT2D eigenvalue weighted by atomic mass is 9.58. The van der Waals surface area contributed by atoms with Crippen molar-refractivity contribution in [1.82, 2.24) is 0 Å². The van der Waals surface area contributed by atoms with Gasteiger partial charge < -0.3 is 4.74 Å². The Labute approximate surface area is 127 Å². The molecule has 2 unspecified atom stereocenters. The van der Waals surface area contributed by atoms with Crippen LogP contribution in [0.4, 0.5) is 0 Å². The van der Waals surface area contributed by atoms with Gasteiger partial charge in [-0.2, -0.15) is 0 Å². The summed E-state index contributed by atoms with van der Waals surface area (Å²) in [6, 6.07) is 8.57. The van der Waals surface area contributed by atoms with Crippen molar-refractivity contribution in [2.45, 2.75) is 69.8 Å². The quantitative estimate of drug-likeness (QED) is 0.667. The minimum Gasteiger partial charge on any atom is -0.490 e. The van der Waals surface area contributed by atoms with Crippen LogP contribution in [-0.4, -0.2) is 11.5 Å². The predicted octanol–water partition coefficient (Wildman–Crippen LogP) is 5.52. The molecular weight excluding hydrogens is 268 g/mol. The minimum absolute atomic E-state index is 0.258. The predicted molar refractivity (Wildman–Crippen MR) is 84.7 cm³/mol. The number of alkyl halides is 1. The van der Waals surface area contributed by atoms with Crippen LogP contribution in [0.2, 0.25) is 0 Å². The van der Waals surface area contributed by atoms with Crippen LogP contribution in [-0.2, 0) is 0 Å². The number of hydrogen-bond donors (Lipinski definition) is 0. The molecule has 1 nitrogen and oxygen atoms in total. The van der Waals surface area contributed by atoms with Gasteiger partial charge in [-0.15, -0.1) is 11.6 Å². The second-order valence-corrected chi connectivity index (χ2v) is 7.36. The molecular formula is C18H25ClO. The lowest BCUT2D eigenvalue weighted by molar-refractivity contribution is -0.0650. The third-order valence-corrected chi connectivity index (χ3v) is 5.89. The lowest BCUT2D eigenvalue weighted by Crippen LogP contribution is -2.58. The summed E-state index contributed by atoms with van der Waals surface area (Å²) in [6.45, 7) is 4.44. The van der Waals surface area contributed by atoms with E-state index >= 15 is 0 Å². The zero-order valence-corrected chi connectivity index (χ0v) is 13.3. The van der Waals surface area contributed by atoms with Crippen molar-refractivity contribution in [2.75, 3.05) is 0 Å². The molecule has 1 aromatic rings. The van der Waals surface area contributed by atoms with Crippen LogP contribution >= 0.6 is 11.6 Å². The van der Waals surface area contributed by atoms with E-state index in [1.165, 1.54) is 37.7 Å². The third kappa shape index (κ3) is 2.45. The molecule has 0 amide bonds. The molecule has 2 aliphatic carbocycles. The maximum Gasteiger partial charge on any atom is 0.120 e. The Bertz CT molecular complexity index is 462. The van der Waals surface area contributed by atoms with E-state index in [0.717, 1.165) is 12.2 Å². The Kier molecular flexibility index (Phi) is 3.99. The van der Waals surface area contributed by atoms with Gasteiger partial charge in [0, 0.05) is 17.2 Å². The Morgan fingerprint density at radius 1 is 1.20 bits per heavy atom. The van der Waals surface area contributed by atoms with E-state index in [0.29, 0.717) is 17.4 Å². The molecule has 2 aliphatic rings. The summed E-state index contributed by atoms with van der Waals surface area (Å²) in [4.78, 5) is 0. The van der Waals surface area contributed by atoms with Gasteiger partial charge in [-0.3, -0.25) is 0 Å². The number of hydrogen-bond acceptors (Lipinski definition) is 1. The van der Waals surface area contributed by atoms with E-state index in [4.69, 9.17) is 16.3 Å². The van der Waals surface area contributed by atoms with E-state index in [1.807, 2.05) is 0 Å². The first-order valence-corrected chi connectivity index (χ1v) is 8.46. The third-order valence-electron chi connectivity index (χ3n) is 5.27. The molecule has 0 aliphatic heterocycles. The van der Waals surface area contributed by atoms with E-state index < -0.39 is 0 Å². The monoisotopic (exact) mass is 292 g/mol. The van der Waals surface area contributed by atoms with E-state index in [-0.39, 0.29) is 5.41 Å². The number of benzene rings is 1. The zero-order chi connectivity index (χ0) is 14.2. The molecule has 0 N–H and O–H groups in total. The first-order chi connectivity index (χ1) is 9.62. The van der Waals surface area contributed by atoms with Gasteiger partial charge in [0.05, 0.1) is 0 Å². The molecule has 3 rings (SSSR count). The van der Waals surface area contributed by atoms with Crippen molar-refractivity contribution in [3.05, 3.63) is 29.8 Å². The number of rotatable bonds is 3. The topological polar surface area (TPSA) is 9.23 Å². The highest BCUT2D eigenvalue weighted by molar-refractivity contribution is 6.21. The molecule has 0 heterocycles. The summed E-state index contributed by atoms with van der Waals surface area (Å²) < 4.78 is 6.32. The molecule has 1 aromatic carbocycles. The van der Waals surface area contributed by atoms with Crippen molar-refractivity contribution in [2.24, 2.45) is 5.41 Å². The molecule has 2 atom stereocenters. The van der Waals surface area contributed by atoms with Crippen molar-refractivity contribution in [1.29, 1.82) is 0 Å².